The van der Waals surface area contributed by atoms with Gasteiger partial charge in [-0.05, 0) is 45.8 Å². The maximum atomic E-state index is 13.3. The molecule has 0 saturated heterocycles. The largest absolute Gasteiger partial charge is 0.357 e. The van der Waals surface area contributed by atoms with E-state index in [1.165, 1.54) is 17.3 Å². The van der Waals surface area contributed by atoms with Crippen molar-refractivity contribution in [3.63, 3.8) is 0 Å². The van der Waals surface area contributed by atoms with E-state index in [4.69, 9.17) is 0 Å². The lowest BCUT2D eigenvalue weighted by molar-refractivity contribution is 0.629. The topological polar surface area (TPSA) is 15.8 Å². The predicted octanol–water partition coefficient (Wildman–Crippen LogP) is 3.86. The lowest BCUT2D eigenvalue weighted by atomic mass is 10.1. The van der Waals surface area contributed by atoms with Gasteiger partial charge in [0, 0.05) is 21.3 Å². The second-order valence-electron chi connectivity index (χ2n) is 3.69. The van der Waals surface area contributed by atoms with Crippen molar-refractivity contribution in [1.29, 1.82) is 0 Å². The highest BCUT2D eigenvalue weighted by atomic mass is 79.9. The Kier molecular flexibility index (Phi) is 2.29. The van der Waals surface area contributed by atoms with Crippen LogP contribution in [0.5, 0.6) is 0 Å². The molecule has 0 fully saturated rings. The van der Waals surface area contributed by atoms with Gasteiger partial charge in [0.2, 0.25) is 0 Å². The Morgan fingerprint density at radius 2 is 2.27 bits per heavy atom. The number of hydrogen-bond donors (Lipinski definition) is 1. The number of aromatic nitrogens is 1. The molecule has 2 aromatic rings. The molecule has 1 N–H and O–H groups in total. The highest BCUT2D eigenvalue weighted by Gasteiger charge is 2.17. The van der Waals surface area contributed by atoms with Gasteiger partial charge in [0.25, 0.3) is 0 Å². The summed E-state index contributed by atoms with van der Waals surface area (Å²) in [6.07, 6.45) is 1.06. The Morgan fingerprint density at radius 1 is 1.40 bits per heavy atom. The SMILES string of the molecule is Fc1cc(Br)c2[nH]c3c(c2c1)CSCC3. The average Bonchev–Trinajstić information content (AvgIpc) is 2.57. The highest BCUT2D eigenvalue weighted by Crippen LogP contribution is 2.34. The molecule has 78 valence electrons. The van der Waals surface area contributed by atoms with Gasteiger partial charge in [-0.3, -0.25) is 0 Å². The molecule has 0 radical (unpaired) electrons. The molecule has 0 saturated carbocycles. The van der Waals surface area contributed by atoms with Crippen molar-refractivity contribution in [3.8, 4) is 0 Å². The smallest absolute Gasteiger partial charge is 0.125 e. The zero-order chi connectivity index (χ0) is 10.4. The van der Waals surface area contributed by atoms with Crippen LogP contribution in [0.2, 0.25) is 0 Å². The maximum Gasteiger partial charge on any atom is 0.125 e. The van der Waals surface area contributed by atoms with Crippen LogP contribution in [-0.4, -0.2) is 10.7 Å². The van der Waals surface area contributed by atoms with Crippen LogP contribution in [0.4, 0.5) is 4.39 Å². The fraction of sp³-hybridized carbons (Fsp3) is 0.273. The fourth-order valence-corrected chi connectivity index (χ4v) is 3.61. The fourth-order valence-electron chi connectivity index (χ4n) is 2.05. The summed E-state index contributed by atoms with van der Waals surface area (Å²) >= 11 is 5.31. The van der Waals surface area contributed by atoms with Gasteiger partial charge in [-0.25, -0.2) is 4.39 Å². The van der Waals surface area contributed by atoms with E-state index in [1.807, 2.05) is 11.8 Å². The van der Waals surface area contributed by atoms with E-state index >= 15 is 0 Å². The van der Waals surface area contributed by atoms with Crippen LogP contribution < -0.4 is 0 Å². The minimum Gasteiger partial charge on any atom is -0.357 e. The standard InChI is InChI=1S/C11H9BrFNS/c12-9-4-6(13)3-7-8-5-15-2-1-10(8)14-11(7)9/h3-4,14H,1-2,5H2. The van der Waals surface area contributed by atoms with Crippen LogP contribution in [0.25, 0.3) is 10.9 Å². The zero-order valence-electron chi connectivity index (χ0n) is 7.94. The lowest BCUT2D eigenvalue weighted by Gasteiger charge is -2.10. The van der Waals surface area contributed by atoms with Crippen molar-refractivity contribution >= 4 is 38.6 Å². The molecule has 0 aliphatic carbocycles. The van der Waals surface area contributed by atoms with Gasteiger partial charge in [0.05, 0.1) is 5.52 Å². The van der Waals surface area contributed by atoms with Gasteiger partial charge in [-0.2, -0.15) is 11.8 Å². The summed E-state index contributed by atoms with van der Waals surface area (Å²) in [6.45, 7) is 0. The third kappa shape index (κ3) is 1.51. The summed E-state index contributed by atoms with van der Waals surface area (Å²) in [5.74, 6) is 1.97. The molecule has 0 bridgehead atoms. The molecule has 4 heteroatoms. The van der Waals surface area contributed by atoms with Gasteiger partial charge in [0.15, 0.2) is 0 Å². The van der Waals surface area contributed by atoms with Crippen LogP contribution in [0.3, 0.4) is 0 Å². The van der Waals surface area contributed by atoms with Gasteiger partial charge in [-0.15, -0.1) is 0 Å². The van der Waals surface area contributed by atoms with Gasteiger partial charge in [-0.1, -0.05) is 0 Å². The van der Waals surface area contributed by atoms with Crippen LogP contribution in [-0.2, 0) is 12.2 Å². The molecule has 2 heterocycles. The number of hydrogen-bond acceptors (Lipinski definition) is 1. The second kappa shape index (κ2) is 3.52. The number of nitrogens with one attached hydrogen (secondary N) is 1. The van der Waals surface area contributed by atoms with Crippen molar-refractivity contribution in [3.05, 3.63) is 33.7 Å². The summed E-state index contributed by atoms with van der Waals surface area (Å²) in [7, 11) is 0. The number of halogens is 2. The second-order valence-corrected chi connectivity index (χ2v) is 5.65. The summed E-state index contributed by atoms with van der Waals surface area (Å²) in [5.41, 5.74) is 3.58. The zero-order valence-corrected chi connectivity index (χ0v) is 10.3. The number of aromatic amines is 1. The van der Waals surface area contributed by atoms with E-state index < -0.39 is 0 Å². The molecular formula is C11H9BrFNS. The summed E-state index contributed by atoms with van der Waals surface area (Å²) in [5, 5.41) is 1.03. The van der Waals surface area contributed by atoms with E-state index in [9.17, 15) is 4.39 Å². The normalized spacial score (nSPS) is 15.6. The monoisotopic (exact) mass is 285 g/mol. The van der Waals surface area contributed by atoms with Crippen molar-refractivity contribution < 1.29 is 4.39 Å². The first-order chi connectivity index (χ1) is 7.25. The predicted molar refractivity (Wildman–Crippen MR) is 65.8 cm³/mol. The van der Waals surface area contributed by atoms with E-state index in [0.717, 1.165) is 33.3 Å². The Hall–Kier alpha value is -0.480. The molecule has 3 rings (SSSR count). The number of thioether (sulfide) groups is 1. The molecule has 0 atom stereocenters. The molecule has 1 aromatic heterocycles. The first-order valence-corrected chi connectivity index (χ1v) is 6.76. The van der Waals surface area contributed by atoms with Crippen molar-refractivity contribution in [2.45, 2.75) is 12.2 Å². The Balaban J connectivity index is 2.37. The molecule has 1 aliphatic heterocycles. The minimum atomic E-state index is -0.174. The van der Waals surface area contributed by atoms with E-state index in [-0.39, 0.29) is 5.82 Å². The van der Waals surface area contributed by atoms with Gasteiger partial charge in [0.1, 0.15) is 5.82 Å². The summed E-state index contributed by atoms with van der Waals surface area (Å²) < 4.78 is 14.1. The molecular weight excluding hydrogens is 277 g/mol. The van der Waals surface area contributed by atoms with Gasteiger partial charge >= 0.3 is 0 Å². The lowest BCUT2D eigenvalue weighted by Crippen LogP contribution is -1.99. The Morgan fingerprint density at radius 3 is 3.13 bits per heavy atom. The van der Waals surface area contributed by atoms with E-state index in [2.05, 4.69) is 20.9 Å². The van der Waals surface area contributed by atoms with E-state index in [0.29, 0.717) is 0 Å². The molecule has 0 spiro atoms. The first kappa shape index (κ1) is 9.73. The number of rotatable bonds is 0. The summed E-state index contributed by atoms with van der Waals surface area (Å²) in [4.78, 5) is 3.38. The molecule has 1 aliphatic rings. The van der Waals surface area contributed by atoms with Crippen molar-refractivity contribution in [1.82, 2.24) is 4.98 Å². The number of H-pyrrole nitrogens is 1. The Labute approximate surface area is 99.6 Å². The highest BCUT2D eigenvalue weighted by molar-refractivity contribution is 9.10. The molecule has 1 nitrogen and oxygen atoms in total. The third-order valence-electron chi connectivity index (χ3n) is 2.76. The maximum absolute atomic E-state index is 13.3. The molecule has 1 aromatic carbocycles. The Bertz CT molecular complexity index is 535. The van der Waals surface area contributed by atoms with Crippen molar-refractivity contribution in [2.75, 3.05) is 5.75 Å². The number of aryl methyl sites for hydroxylation is 1. The average molecular weight is 286 g/mol. The number of benzene rings is 1. The third-order valence-corrected chi connectivity index (χ3v) is 4.37. The van der Waals surface area contributed by atoms with Gasteiger partial charge < -0.3 is 4.98 Å². The quantitative estimate of drug-likeness (QED) is 0.777. The number of fused-ring (bicyclic) bond motifs is 3. The van der Waals surface area contributed by atoms with E-state index in [1.54, 1.807) is 6.07 Å². The van der Waals surface area contributed by atoms with Crippen LogP contribution in [0.15, 0.2) is 16.6 Å². The molecule has 0 amide bonds. The summed E-state index contributed by atoms with van der Waals surface area (Å²) in [6, 6.07) is 3.14. The molecule has 0 unspecified atom stereocenters. The van der Waals surface area contributed by atoms with Crippen LogP contribution in [0.1, 0.15) is 11.3 Å². The van der Waals surface area contributed by atoms with Crippen LogP contribution in [0, 0.1) is 5.82 Å². The van der Waals surface area contributed by atoms with Crippen LogP contribution >= 0.6 is 27.7 Å². The first-order valence-electron chi connectivity index (χ1n) is 4.82. The molecule has 15 heavy (non-hydrogen) atoms. The minimum absolute atomic E-state index is 0.174. The van der Waals surface area contributed by atoms with Crippen molar-refractivity contribution in [2.24, 2.45) is 0 Å².